The molecule has 2 aliphatic carbocycles. The predicted molar refractivity (Wildman–Crippen MR) is 128 cm³/mol. The number of fused-ring (bicyclic) bond motifs is 3. The van der Waals surface area contributed by atoms with Crippen LogP contribution in [-0.2, 0) is 14.3 Å². The second-order valence-electron chi connectivity index (χ2n) is 9.26. The van der Waals surface area contributed by atoms with Crippen molar-refractivity contribution >= 4 is 18.0 Å². The third kappa shape index (κ3) is 5.58. The van der Waals surface area contributed by atoms with Crippen LogP contribution in [-0.4, -0.2) is 42.3 Å². The molecule has 0 heterocycles. The van der Waals surface area contributed by atoms with E-state index in [2.05, 4.69) is 41.8 Å². The van der Waals surface area contributed by atoms with Crippen LogP contribution < -0.4 is 10.6 Å². The lowest BCUT2D eigenvalue weighted by Crippen LogP contribution is -2.40. The second kappa shape index (κ2) is 10.7. The molecule has 2 amide bonds. The first-order chi connectivity index (χ1) is 16.5. The number of hydrogen-bond acceptors (Lipinski definition) is 4. The van der Waals surface area contributed by atoms with Gasteiger partial charge in [0.25, 0.3) is 0 Å². The number of carbonyl (C=O) groups excluding carboxylic acids is 2. The van der Waals surface area contributed by atoms with Gasteiger partial charge in [-0.2, -0.15) is 0 Å². The van der Waals surface area contributed by atoms with Crippen LogP contribution in [0.4, 0.5) is 4.79 Å². The first-order valence-electron chi connectivity index (χ1n) is 12.1. The van der Waals surface area contributed by atoms with Gasteiger partial charge in [-0.15, -0.1) is 0 Å². The molecule has 2 unspecified atom stereocenters. The van der Waals surface area contributed by atoms with E-state index in [1.54, 1.807) is 0 Å². The van der Waals surface area contributed by atoms with Gasteiger partial charge in [0.15, 0.2) is 0 Å². The molecule has 3 N–H and O–H groups in total. The molecule has 34 heavy (non-hydrogen) atoms. The number of ether oxygens (including phenoxy) is 1. The van der Waals surface area contributed by atoms with Gasteiger partial charge in [-0.25, -0.2) is 4.79 Å². The van der Waals surface area contributed by atoms with Crippen molar-refractivity contribution in [3.63, 3.8) is 0 Å². The number of aliphatic carboxylic acids is 1. The Kier molecular flexibility index (Phi) is 7.50. The van der Waals surface area contributed by atoms with Crippen molar-refractivity contribution in [2.75, 3.05) is 13.2 Å². The van der Waals surface area contributed by atoms with Gasteiger partial charge in [0.2, 0.25) is 5.91 Å². The van der Waals surface area contributed by atoms with Crippen molar-refractivity contribution in [1.82, 2.24) is 10.6 Å². The Hall–Kier alpha value is -3.35. The van der Waals surface area contributed by atoms with E-state index in [-0.39, 0.29) is 42.7 Å². The van der Waals surface area contributed by atoms with Crippen molar-refractivity contribution in [3.05, 3.63) is 59.7 Å². The number of alkyl carbamates (subject to hydrolysis) is 1. The average molecular weight is 465 g/mol. The summed E-state index contributed by atoms with van der Waals surface area (Å²) in [5.74, 6) is -1.36. The molecule has 0 radical (unpaired) electrons. The zero-order valence-corrected chi connectivity index (χ0v) is 19.5. The number of benzene rings is 2. The van der Waals surface area contributed by atoms with Crippen LogP contribution >= 0.6 is 0 Å². The van der Waals surface area contributed by atoms with Crippen LogP contribution in [0.2, 0.25) is 0 Å². The Morgan fingerprint density at radius 1 is 1.06 bits per heavy atom. The number of hydrogen-bond donors (Lipinski definition) is 3. The quantitative estimate of drug-likeness (QED) is 0.460. The molecule has 4 rings (SSSR count). The van der Waals surface area contributed by atoms with E-state index >= 15 is 0 Å². The Bertz CT molecular complexity index is 1010. The van der Waals surface area contributed by atoms with Crippen molar-refractivity contribution in [2.24, 2.45) is 11.8 Å². The van der Waals surface area contributed by atoms with Gasteiger partial charge in [0.1, 0.15) is 6.61 Å². The van der Waals surface area contributed by atoms with Crippen molar-refractivity contribution in [3.8, 4) is 11.1 Å². The Morgan fingerprint density at radius 3 is 2.29 bits per heavy atom. The molecule has 3 atom stereocenters. The predicted octanol–water partition coefficient (Wildman–Crippen LogP) is 4.31. The minimum absolute atomic E-state index is 0.00522. The standard InChI is InChI=1S/C27H32N2O5/c1-2-3-8-18(14-25(30)28-15-17-13-23(17)26(31)32)29-27(33)34-16-24-21-11-6-4-9-19(21)20-10-5-7-12-22(20)24/h4-7,9-12,17-18,23-24H,2-3,8,13-16H2,1H3,(H,28,30)(H,29,33)(H,31,32)/t17?,18-,23?/m0/s1. The summed E-state index contributed by atoms with van der Waals surface area (Å²) >= 11 is 0. The normalized spacial score (nSPS) is 19.0. The summed E-state index contributed by atoms with van der Waals surface area (Å²) in [5.41, 5.74) is 4.65. The van der Waals surface area contributed by atoms with Crippen molar-refractivity contribution < 1.29 is 24.2 Å². The minimum atomic E-state index is -0.808. The zero-order valence-electron chi connectivity index (χ0n) is 19.5. The highest BCUT2D eigenvalue weighted by Gasteiger charge is 2.43. The molecule has 7 nitrogen and oxygen atoms in total. The lowest BCUT2D eigenvalue weighted by atomic mass is 9.98. The fourth-order valence-electron chi connectivity index (χ4n) is 4.80. The summed E-state index contributed by atoms with van der Waals surface area (Å²) in [7, 11) is 0. The zero-order chi connectivity index (χ0) is 24.1. The van der Waals surface area contributed by atoms with Gasteiger partial charge < -0.3 is 20.5 Å². The van der Waals surface area contributed by atoms with Crippen LogP contribution in [0.5, 0.6) is 0 Å². The molecule has 0 aliphatic heterocycles. The van der Waals surface area contributed by atoms with Crippen LogP contribution in [0.3, 0.4) is 0 Å². The molecule has 2 aliphatic rings. The van der Waals surface area contributed by atoms with Crippen LogP contribution in [0, 0.1) is 11.8 Å². The summed E-state index contributed by atoms with van der Waals surface area (Å²) in [6.07, 6.45) is 2.73. The van der Waals surface area contributed by atoms with E-state index < -0.39 is 12.1 Å². The highest BCUT2D eigenvalue weighted by molar-refractivity contribution is 5.80. The first-order valence-corrected chi connectivity index (χ1v) is 12.1. The lowest BCUT2D eigenvalue weighted by Gasteiger charge is -2.20. The molecule has 0 aromatic heterocycles. The van der Waals surface area contributed by atoms with Crippen molar-refractivity contribution in [2.45, 2.75) is 51.0 Å². The maximum atomic E-state index is 12.6. The highest BCUT2D eigenvalue weighted by Crippen LogP contribution is 2.44. The monoisotopic (exact) mass is 464 g/mol. The fraction of sp³-hybridized carbons (Fsp3) is 0.444. The van der Waals surface area contributed by atoms with Crippen molar-refractivity contribution in [1.29, 1.82) is 0 Å². The summed E-state index contributed by atoms with van der Waals surface area (Å²) in [4.78, 5) is 36.0. The SMILES string of the molecule is CCCC[C@@H](CC(=O)NCC1CC1C(=O)O)NC(=O)OCC1c2ccccc2-c2ccccc21. The third-order valence-electron chi connectivity index (χ3n) is 6.80. The maximum Gasteiger partial charge on any atom is 0.407 e. The number of rotatable bonds is 11. The van der Waals surface area contributed by atoms with E-state index in [1.165, 1.54) is 11.1 Å². The molecule has 1 fully saturated rings. The van der Waals surface area contributed by atoms with E-state index in [9.17, 15) is 14.4 Å². The van der Waals surface area contributed by atoms with Gasteiger partial charge in [-0.3, -0.25) is 9.59 Å². The van der Waals surface area contributed by atoms with E-state index in [0.717, 1.165) is 24.0 Å². The summed E-state index contributed by atoms with van der Waals surface area (Å²) in [6.45, 7) is 2.65. The largest absolute Gasteiger partial charge is 0.481 e. The molecule has 0 spiro atoms. The smallest absolute Gasteiger partial charge is 0.407 e. The topological polar surface area (TPSA) is 105 Å². The Morgan fingerprint density at radius 2 is 1.71 bits per heavy atom. The molecule has 2 aromatic rings. The van der Waals surface area contributed by atoms with Gasteiger partial charge in [-0.1, -0.05) is 68.3 Å². The minimum Gasteiger partial charge on any atom is -0.481 e. The number of carboxylic acids is 1. The molecule has 7 heteroatoms. The average Bonchev–Trinajstić information content (AvgIpc) is 3.55. The number of nitrogens with one attached hydrogen (secondary N) is 2. The molecular formula is C27H32N2O5. The second-order valence-corrected chi connectivity index (χ2v) is 9.26. The van der Waals surface area contributed by atoms with Gasteiger partial charge in [0.05, 0.1) is 5.92 Å². The Balaban J connectivity index is 1.30. The molecular weight excluding hydrogens is 432 g/mol. The van der Waals surface area contributed by atoms with Crippen LogP contribution in [0.15, 0.2) is 48.5 Å². The fourth-order valence-corrected chi connectivity index (χ4v) is 4.80. The van der Waals surface area contributed by atoms with E-state index in [0.29, 0.717) is 19.4 Å². The molecule has 1 saturated carbocycles. The van der Waals surface area contributed by atoms with Gasteiger partial charge in [0, 0.05) is 24.9 Å². The summed E-state index contributed by atoms with van der Waals surface area (Å²) in [6, 6.07) is 16.0. The van der Waals surface area contributed by atoms with Crippen LogP contribution in [0.1, 0.15) is 56.1 Å². The number of carboxylic acid groups (broad SMARTS) is 1. The third-order valence-corrected chi connectivity index (χ3v) is 6.80. The van der Waals surface area contributed by atoms with E-state index in [1.807, 2.05) is 24.3 Å². The Labute approximate surface area is 199 Å². The highest BCUT2D eigenvalue weighted by atomic mass is 16.5. The van der Waals surface area contributed by atoms with Gasteiger partial charge >= 0.3 is 12.1 Å². The molecule has 0 saturated heterocycles. The number of carbonyl (C=O) groups is 3. The number of amides is 2. The van der Waals surface area contributed by atoms with E-state index in [4.69, 9.17) is 9.84 Å². The molecule has 2 aromatic carbocycles. The maximum absolute atomic E-state index is 12.6. The number of unbranched alkanes of at least 4 members (excludes halogenated alkanes) is 1. The van der Waals surface area contributed by atoms with Crippen LogP contribution in [0.25, 0.3) is 11.1 Å². The summed E-state index contributed by atoms with van der Waals surface area (Å²) in [5, 5.41) is 14.7. The molecule has 180 valence electrons. The molecule has 0 bridgehead atoms. The first kappa shape index (κ1) is 23.8. The van der Waals surface area contributed by atoms with Gasteiger partial charge in [-0.05, 0) is 41.0 Å². The summed E-state index contributed by atoms with van der Waals surface area (Å²) < 4.78 is 5.63. The lowest BCUT2D eigenvalue weighted by molar-refractivity contribution is -0.139.